The maximum Gasteiger partial charge on any atom is 0.255 e. The normalized spacial score (nSPS) is 22.0. The first kappa shape index (κ1) is 15.4. The molecule has 1 aromatic heterocycles. The lowest BCUT2D eigenvalue weighted by Crippen LogP contribution is -2.58. The van der Waals surface area contributed by atoms with Gasteiger partial charge in [0.25, 0.3) is 5.91 Å². The minimum absolute atomic E-state index is 0.0757. The molecule has 0 aliphatic carbocycles. The highest BCUT2D eigenvalue weighted by atomic mass is 16.5. The van der Waals surface area contributed by atoms with Gasteiger partial charge in [0.1, 0.15) is 0 Å². The first-order valence-corrected chi connectivity index (χ1v) is 8.28. The SMILES string of the molecule is CCCN1CCC2(CC1)CN(C(=O)c1cccnc1)CCO2. The van der Waals surface area contributed by atoms with Crippen LogP contribution in [0.15, 0.2) is 24.5 Å². The first-order chi connectivity index (χ1) is 10.7. The molecule has 2 fully saturated rings. The van der Waals surface area contributed by atoms with Crippen molar-refractivity contribution in [2.24, 2.45) is 0 Å². The Labute approximate surface area is 132 Å². The Morgan fingerprint density at radius 1 is 1.36 bits per heavy atom. The van der Waals surface area contributed by atoms with E-state index in [0.29, 0.717) is 25.3 Å². The number of hydrogen-bond acceptors (Lipinski definition) is 4. The Hall–Kier alpha value is -1.46. The Bertz CT molecular complexity index is 498. The van der Waals surface area contributed by atoms with E-state index in [-0.39, 0.29) is 11.5 Å². The summed E-state index contributed by atoms with van der Waals surface area (Å²) in [4.78, 5) is 21.1. The predicted octanol–water partition coefficient (Wildman–Crippen LogP) is 1.80. The highest BCUT2D eigenvalue weighted by Crippen LogP contribution is 2.30. The average Bonchev–Trinajstić information content (AvgIpc) is 2.58. The van der Waals surface area contributed by atoms with Crippen LogP contribution in [0, 0.1) is 0 Å². The number of hydrogen-bond donors (Lipinski definition) is 0. The molecule has 2 saturated heterocycles. The number of likely N-dealkylation sites (tertiary alicyclic amines) is 1. The smallest absolute Gasteiger partial charge is 0.255 e. The molecule has 1 spiro atoms. The third-order valence-electron chi connectivity index (χ3n) is 4.75. The molecule has 0 saturated carbocycles. The summed E-state index contributed by atoms with van der Waals surface area (Å²) in [7, 11) is 0. The number of carbonyl (C=O) groups is 1. The summed E-state index contributed by atoms with van der Waals surface area (Å²) in [6.45, 7) is 7.55. The van der Waals surface area contributed by atoms with E-state index in [1.54, 1.807) is 12.4 Å². The lowest BCUT2D eigenvalue weighted by molar-refractivity contribution is -0.127. The number of pyridine rings is 1. The molecule has 1 aromatic rings. The van der Waals surface area contributed by atoms with Crippen LogP contribution < -0.4 is 0 Å². The predicted molar refractivity (Wildman–Crippen MR) is 84.8 cm³/mol. The van der Waals surface area contributed by atoms with Crippen molar-refractivity contribution in [1.82, 2.24) is 14.8 Å². The highest BCUT2D eigenvalue weighted by Gasteiger charge is 2.40. The second kappa shape index (κ2) is 6.75. The van der Waals surface area contributed by atoms with Crippen molar-refractivity contribution in [3.05, 3.63) is 30.1 Å². The molecule has 2 aliphatic rings. The molecular formula is C17H25N3O2. The fourth-order valence-corrected chi connectivity index (χ4v) is 3.49. The van der Waals surface area contributed by atoms with Crippen molar-refractivity contribution in [3.63, 3.8) is 0 Å². The molecule has 3 rings (SSSR count). The monoisotopic (exact) mass is 303 g/mol. The molecule has 120 valence electrons. The molecule has 0 unspecified atom stereocenters. The number of ether oxygens (including phenoxy) is 1. The zero-order valence-electron chi connectivity index (χ0n) is 13.3. The summed E-state index contributed by atoms with van der Waals surface area (Å²) in [5.74, 6) is 0.0757. The topological polar surface area (TPSA) is 45.7 Å². The number of aromatic nitrogens is 1. The van der Waals surface area contributed by atoms with E-state index in [1.807, 2.05) is 17.0 Å². The Morgan fingerprint density at radius 3 is 2.86 bits per heavy atom. The van der Waals surface area contributed by atoms with Gasteiger partial charge in [0, 0.05) is 32.0 Å². The van der Waals surface area contributed by atoms with Crippen molar-refractivity contribution in [3.8, 4) is 0 Å². The van der Waals surface area contributed by atoms with Crippen molar-refractivity contribution in [2.75, 3.05) is 39.3 Å². The Kier molecular flexibility index (Phi) is 4.74. The van der Waals surface area contributed by atoms with Gasteiger partial charge >= 0.3 is 0 Å². The van der Waals surface area contributed by atoms with Gasteiger partial charge in [0.15, 0.2) is 0 Å². The first-order valence-electron chi connectivity index (χ1n) is 8.28. The van der Waals surface area contributed by atoms with Crippen LogP contribution in [0.25, 0.3) is 0 Å². The van der Waals surface area contributed by atoms with Crippen LogP contribution in [0.4, 0.5) is 0 Å². The number of rotatable bonds is 3. The summed E-state index contributed by atoms with van der Waals surface area (Å²) in [6.07, 6.45) is 6.57. The van der Waals surface area contributed by atoms with Gasteiger partial charge in [-0.15, -0.1) is 0 Å². The van der Waals surface area contributed by atoms with E-state index in [0.717, 1.165) is 32.5 Å². The van der Waals surface area contributed by atoms with Gasteiger partial charge in [-0.05, 0) is 37.9 Å². The molecule has 0 bridgehead atoms. The van der Waals surface area contributed by atoms with Gasteiger partial charge in [0.05, 0.1) is 24.3 Å². The van der Waals surface area contributed by atoms with Gasteiger partial charge in [-0.25, -0.2) is 0 Å². The lowest BCUT2D eigenvalue weighted by Gasteiger charge is -2.47. The molecular weight excluding hydrogens is 278 g/mol. The summed E-state index contributed by atoms with van der Waals surface area (Å²) >= 11 is 0. The molecule has 5 heteroatoms. The molecule has 22 heavy (non-hydrogen) atoms. The molecule has 0 radical (unpaired) electrons. The molecule has 0 N–H and O–H groups in total. The molecule has 0 atom stereocenters. The summed E-state index contributed by atoms with van der Waals surface area (Å²) in [5, 5.41) is 0. The number of morpholine rings is 1. The molecule has 5 nitrogen and oxygen atoms in total. The van der Waals surface area contributed by atoms with Crippen LogP contribution in [-0.4, -0.2) is 65.6 Å². The van der Waals surface area contributed by atoms with Crippen LogP contribution in [-0.2, 0) is 4.74 Å². The van der Waals surface area contributed by atoms with E-state index in [9.17, 15) is 4.79 Å². The number of amides is 1. The van der Waals surface area contributed by atoms with E-state index < -0.39 is 0 Å². The maximum atomic E-state index is 12.6. The average molecular weight is 303 g/mol. The lowest BCUT2D eigenvalue weighted by atomic mass is 9.89. The van der Waals surface area contributed by atoms with Gasteiger partial charge in [-0.3, -0.25) is 9.78 Å². The van der Waals surface area contributed by atoms with Crippen molar-refractivity contribution >= 4 is 5.91 Å². The number of piperidine rings is 1. The van der Waals surface area contributed by atoms with Gasteiger partial charge < -0.3 is 14.5 Å². The fraction of sp³-hybridized carbons (Fsp3) is 0.647. The Balaban J connectivity index is 1.64. The summed E-state index contributed by atoms with van der Waals surface area (Å²) in [6, 6.07) is 3.65. The van der Waals surface area contributed by atoms with E-state index in [4.69, 9.17) is 4.74 Å². The number of carbonyl (C=O) groups excluding carboxylic acids is 1. The largest absolute Gasteiger partial charge is 0.371 e. The van der Waals surface area contributed by atoms with Crippen LogP contribution in [0.1, 0.15) is 36.5 Å². The summed E-state index contributed by atoms with van der Waals surface area (Å²) < 4.78 is 6.11. The van der Waals surface area contributed by atoms with Crippen LogP contribution in [0.3, 0.4) is 0 Å². The molecule has 2 aliphatic heterocycles. The Morgan fingerprint density at radius 2 is 2.18 bits per heavy atom. The maximum absolute atomic E-state index is 12.6. The highest BCUT2D eigenvalue weighted by molar-refractivity contribution is 5.94. The number of nitrogens with zero attached hydrogens (tertiary/aromatic N) is 3. The van der Waals surface area contributed by atoms with Crippen molar-refractivity contribution in [1.29, 1.82) is 0 Å². The van der Waals surface area contributed by atoms with Gasteiger partial charge in [-0.2, -0.15) is 0 Å². The second-order valence-electron chi connectivity index (χ2n) is 6.34. The van der Waals surface area contributed by atoms with Crippen LogP contribution in [0.5, 0.6) is 0 Å². The van der Waals surface area contributed by atoms with Gasteiger partial charge in [0.2, 0.25) is 0 Å². The van der Waals surface area contributed by atoms with Crippen molar-refractivity contribution in [2.45, 2.75) is 31.8 Å². The third-order valence-corrected chi connectivity index (χ3v) is 4.75. The zero-order chi connectivity index (χ0) is 15.4. The third kappa shape index (κ3) is 3.31. The standard InChI is InChI=1S/C17H25N3O2/c1-2-8-19-9-5-17(6-10-19)14-20(11-12-22-17)16(21)15-4-3-7-18-13-15/h3-4,7,13H,2,5-6,8-12,14H2,1H3. The van der Waals surface area contributed by atoms with Crippen LogP contribution >= 0.6 is 0 Å². The minimum atomic E-state index is -0.139. The fourth-order valence-electron chi connectivity index (χ4n) is 3.49. The summed E-state index contributed by atoms with van der Waals surface area (Å²) in [5.41, 5.74) is 0.531. The molecule has 3 heterocycles. The van der Waals surface area contributed by atoms with Crippen molar-refractivity contribution < 1.29 is 9.53 Å². The molecule has 0 aromatic carbocycles. The second-order valence-corrected chi connectivity index (χ2v) is 6.34. The van der Waals surface area contributed by atoms with E-state index >= 15 is 0 Å². The molecule has 1 amide bonds. The van der Waals surface area contributed by atoms with E-state index in [2.05, 4.69) is 16.8 Å². The quantitative estimate of drug-likeness (QED) is 0.854. The van der Waals surface area contributed by atoms with Gasteiger partial charge in [-0.1, -0.05) is 6.92 Å². The van der Waals surface area contributed by atoms with E-state index in [1.165, 1.54) is 6.42 Å². The zero-order valence-corrected chi connectivity index (χ0v) is 13.3. The van der Waals surface area contributed by atoms with Crippen LogP contribution in [0.2, 0.25) is 0 Å². The minimum Gasteiger partial charge on any atom is -0.371 e.